The molecule has 100 valence electrons. The van der Waals surface area contributed by atoms with E-state index in [4.69, 9.17) is 0 Å². The van der Waals surface area contributed by atoms with Gasteiger partial charge in [0.1, 0.15) is 0 Å². The van der Waals surface area contributed by atoms with Crippen LogP contribution in [0.4, 0.5) is 0 Å². The van der Waals surface area contributed by atoms with E-state index in [0.29, 0.717) is 6.54 Å². The maximum absolute atomic E-state index is 11.5. The summed E-state index contributed by atoms with van der Waals surface area (Å²) < 4.78 is 1.03. The number of carbonyl (C=O) groups is 1. The number of pyridine rings is 1. The van der Waals surface area contributed by atoms with Crippen molar-refractivity contribution in [2.75, 3.05) is 7.05 Å². The predicted octanol–water partition coefficient (Wildman–Crippen LogP) is 2.22. The van der Waals surface area contributed by atoms with Gasteiger partial charge in [0.05, 0.1) is 11.6 Å². The monoisotopic (exact) mass is 321 g/mol. The molecular formula is C14H16BrN3O. The normalized spacial score (nSPS) is 12.4. The molecule has 0 aliphatic heterocycles. The lowest BCUT2D eigenvalue weighted by Gasteiger charge is -2.13. The summed E-state index contributed by atoms with van der Waals surface area (Å²) in [6.45, 7) is 2.45. The lowest BCUT2D eigenvalue weighted by Crippen LogP contribution is -2.40. The number of nitrogens with one attached hydrogen (secondary N) is 2. The van der Waals surface area contributed by atoms with Crippen LogP contribution in [0, 0.1) is 0 Å². The Hall–Kier alpha value is -1.46. The van der Waals surface area contributed by atoms with Crippen LogP contribution in [0.1, 0.15) is 12.5 Å². The van der Waals surface area contributed by atoms with Crippen molar-refractivity contribution in [3.05, 3.63) is 40.5 Å². The summed E-state index contributed by atoms with van der Waals surface area (Å²) in [7, 11) is 1.64. The number of halogens is 1. The second-order valence-electron chi connectivity index (χ2n) is 4.32. The van der Waals surface area contributed by atoms with Crippen molar-refractivity contribution in [1.82, 2.24) is 15.6 Å². The second-order valence-corrected chi connectivity index (χ2v) is 5.18. The van der Waals surface area contributed by atoms with Crippen LogP contribution in [0.5, 0.6) is 0 Å². The zero-order valence-corrected chi connectivity index (χ0v) is 12.5. The minimum absolute atomic E-state index is 0.0191. The molecule has 0 bridgehead atoms. The van der Waals surface area contributed by atoms with Gasteiger partial charge in [0.2, 0.25) is 5.91 Å². The van der Waals surface area contributed by atoms with Crippen LogP contribution in [0.25, 0.3) is 10.9 Å². The van der Waals surface area contributed by atoms with Crippen molar-refractivity contribution in [2.24, 2.45) is 0 Å². The SMILES string of the molecule is CNC(=O)C(C)NCc1ccc(Br)c2cccnc12. The number of amides is 1. The van der Waals surface area contributed by atoms with Gasteiger partial charge in [0, 0.05) is 29.6 Å². The Morgan fingerprint density at radius 2 is 2.21 bits per heavy atom. The Kier molecular flexibility index (Phi) is 4.50. The molecule has 2 N–H and O–H groups in total. The maximum Gasteiger partial charge on any atom is 0.236 e. The Balaban J connectivity index is 2.22. The molecule has 1 unspecified atom stereocenters. The van der Waals surface area contributed by atoms with Crippen LogP contribution in [-0.2, 0) is 11.3 Å². The molecule has 2 aromatic rings. The number of carbonyl (C=O) groups excluding carboxylic acids is 1. The zero-order valence-electron chi connectivity index (χ0n) is 10.9. The number of benzene rings is 1. The fraction of sp³-hybridized carbons (Fsp3) is 0.286. The smallest absolute Gasteiger partial charge is 0.236 e. The van der Waals surface area contributed by atoms with Gasteiger partial charge in [-0.25, -0.2) is 0 Å². The van der Waals surface area contributed by atoms with Crippen LogP contribution < -0.4 is 10.6 Å². The van der Waals surface area contributed by atoms with Crippen LogP contribution in [0.15, 0.2) is 34.9 Å². The summed E-state index contributed by atoms with van der Waals surface area (Å²) in [6, 6.07) is 7.73. The first-order valence-corrected chi connectivity index (χ1v) is 6.90. The van der Waals surface area contributed by atoms with E-state index in [2.05, 4.69) is 31.5 Å². The first kappa shape index (κ1) is 14.0. The molecule has 0 radical (unpaired) electrons. The van der Waals surface area contributed by atoms with Crippen LogP contribution in [0.2, 0.25) is 0 Å². The fourth-order valence-electron chi connectivity index (χ4n) is 1.91. The molecule has 0 saturated heterocycles. The number of hydrogen-bond acceptors (Lipinski definition) is 3. The summed E-state index contributed by atoms with van der Waals surface area (Å²) >= 11 is 3.52. The van der Waals surface area contributed by atoms with Gasteiger partial charge in [0.15, 0.2) is 0 Å². The van der Waals surface area contributed by atoms with Gasteiger partial charge < -0.3 is 10.6 Å². The molecule has 0 saturated carbocycles. The number of hydrogen-bond donors (Lipinski definition) is 2. The van der Waals surface area contributed by atoms with E-state index in [1.54, 1.807) is 13.2 Å². The number of aromatic nitrogens is 1. The minimum atomic E-state index is -0.229. The average Bonchev–Trinajstić information content (AvgIpc) is 2.45. The summed E-state index contributed by atoms with van der Waals surface area (Å²) in [5, 5.41) is 6.89. The molecule has 5 heteroatoms. The molecule has 19 heavy (non-hydrogen) atoms. The molecule has 4 nitrogen and oxygen atoms in total. The van der Waals surface area contributed by atoms with Crippen molar-refractivity contribution in [3.8, 4) is 0 Å². The minimum Gasteiger partial charge on any atom is -0.358 e. The quantitative estimate of drug-likeness (QED) is 0.907. The summed E-state index contributed by atoms with van der Waals surface area (Å²) in [4.78, 5) is 15.9. The molecule has 1 heterocycles. The summed E-state index contributed by atoms with van der Waals surface area (Å²) in [5.74, 6) is -0.0191. The van der Waals surface area contributed by atoms with Gasteiger partial charge in [-0.15, -0.1) is 0 Å². The maximum atomic E-state index is 11.5. The molecule has 0 aliphatic rings. The molecule has 1 amide bonds. The molecule has 1 aromatic heterocycles. The van der Waals surface area contributed by atoms with Gasteiger partial charge in [-0.1, -0.05) is 28.1 Å². The molecule has 0 spiro atoms. The van der Waals surface area contributed by atoms with Gasteiger partial charge in [-0.3, -0.25) is 9.78 Å². The van der Waals surface area contributed by atoms with Gasteiger partial charge >= 0.3 is 0 Å². The van der Waals surface area contributed by atoms with Gasteiger partial charge in [-0.2, -0.15) is 0 Å². The molecule has 0 aliphatic carbocycles. The van der Waals surface area contributed by atoms with Gasteiger partial charge in [-0.05, 0) is 24.6 Å². The lowest BCUT2D eigenvalue weighted by atomic mass is 10.1. The van der Waals surface area contributed by atoms with Crippen molar-refractivity contribution >= 4 is 32.7 Å². The van der Waals surface area contributed by atoms with E-state index >= 15 is 0 Å². The van der Waals surface area contributed by atoms with Crippen molar-refractivity contribution in [3.63, 3.8) is 0 Å². The second kappa shape index (κ2) is 6.12. The standard InChI is InChI=1S/C14H16BrN3O/c1-9(14(19)16-2)18-8-10-5-6-12(15)11-4-3-7-17-13(10)11/h3-7,9,18H,8H2,1-2H3,(H,16,19). The number of likely N-dealkylation sites (N-methyl/N-ethyl adjacent to an activating group) is 1. The van der Waals surface area contributed by atoms with Crippen molar-refractivity contribution in [1.29, 1.82) is 0 Å². The highest BCUT2D eigenvalue weighted by molar-refractivity contribution is 9.10. The van der Waals surface area contributed by atoms with E-state index in [0.717, 1.165) is 20.9 Å². The van der Waals surface area contributed by atoms with Crippen molar-refractivity contribution in [2.45, 2.75) is 19.5 Å². The first-order valence-electron chi connectivity index (χ1n) is 6.10. The van der Waals surface area contributed by atoms with E-state index in [1.807, 2.05) is 31.2 Å². The highest BCUT2D eigenvalue weighted by atomic mass is 79.9. The van der Waals surface area contributed by atoms with Crippen LogP contribution in [0.3, 0.4) is 0 Å². The largest absolute Gasteiger partial charge is 0.358 e. The van der Waals surface area contributed by atoms with E-state index in [9.17, 15) is 4.79 Å². The number of rotatable bonds is 4. The third-order valence-electron chi connectivity index (χ3n) is 3.04. The molecule has 1 atom stereocenters. The third kappa shape index (κ3) is 3.11. The first-order chi connectivity index (χ1) is 9.13. The molecule has 1 aromatic carbocycles. The average molecular weight is 322 g/mol. The lowest BCUT2D eigenvalue weighted by molar-refractivity contribution is -0.122. The fourth-order valence-corrected chi connectivity index (χ4v) is 2.36. The number of fused-ring (bicyclic) bond motifs is 1. The Bertz CT molecular complexity index is 600. The van der Waals surface area contributed by atoms with E-state index in [1.165, 1.54) is 0 Å². The third-order valence-corrected chi connectivity index (χ3v) is 3.73. The molecular weight excluding hydrogens is 306 g/mol. The Morgan fingerprint density at radius 1 is 1.42 bits per heavy atom. The predicted molar refractivity (Wildman–Crippen MR) is 79.8 cm³/mol. The molecule has 0 fully saturated rings. The van der Waals surface area contributed by atoms with Gasteiger partial charge in [0.25, 0.3) is 0 Å². The highest BCUT2D eigenvalue weighted by Gasteiger charge is 2.11. The van der Waals surface area contributed by atoms with Crippen molar-refractivity contribution < 1.29 is 4.79 Å². The van der Waals surface area contributed by atoms with E-state index in [-0.39, 0.29) is 11.9 Å². The van der Waals surface area contributed by atoms with Crippen LogP contribution in [-0.4, -0.2) is 24.0 Å². The Labute approximate surface area is 120 Å². The zero-order chi connectivity index (χ0) is 13.8. The highest BCUT2D eigenvalue weighted by Crippen LogP contribution is 2.25. The van der Waals surface area contributed by atoms with E-state index < -0.39 is 0 Å². The topological polar surface area (TPSA) is 54.0 Å². The van der Waals surface area contributed by atoms with Crippen LogP contribution >= 0.6 is 15.9 Å². The Morgan fingerprint density at radius 3 is 2.95 bits per heavy atom. The summed E-state index contributed by atoms with van der Waals surface area (Å²) in [6.07, 6.45) is 1.78. The molecule has 2 rings (SSSR count). The summed E-state index contributed by atoms with van der Waals surface area (Å²) in [5.41, 5.74) is 2.03. The number of nitrogens with zero attached hydrogens (tertiary/aromatic N) is 1.